The first-order chi connectivity index (χ1) is 16.7. The van der Waals surface area contributed by atoms with Crippen LogP contribution in [0.25, 0.3) is 0 Å². The lowest BCUT2D eigenvalue weighted by Gasteiger charge is -2.35. The molecule has 0 fully saturated rings. The van der Waals surface area contributed by atoms with Crippen LogP contribution in [0.2, 0.25) is 0 Å². The summed E-state index contributed by atoms with van der Waals surface area (Å²) in [6, 6.07) is 24.0. The molecule has 0 saturated heterocycles. The highest BCUT2D eigenvalue weighted by Gasteiger charge is 2.29. The SMILES string of the molecule is CC.COc1ccc2c(c1)CCC(NCCc1ccc(OC)c(OC)c1)C2Cc1ccccc1. The van der Waals surface area contributed by atoms with Gasteiger partial charge in [0, 0.05) is 12.0 Å². The van der Waals surface area contributed by atoms with Gasteiger partial charge in [0.05, 0.1) is 21.3 Å². The first-order valence-electron chi connectivity index (χ1n) is 12.4. The number of hydrogen-bond acceptors (Lipinski definition) is 4. The zero-order chi connectivity index (χ0) is 24.3. The average Bonchev–Trinajstić information content (AvgIpc) is 2.91. The zero-order valence-corrected chi connectivity index (χ0v) is 21.3. The largest absolute Gasteiger partial charge is 0.497 e. The molecule has 2 atom stereocenters. The van der Waals surface area contributed by atoms with Gasteiger partial charge in [0.15, 0.2) is 11.5 Å². The summed E-state index contributed by atoms with van der Waals surface area (Å²) in [5, 5.41) is 3.87. The van der Waals surface area contributed by atoms with E-state index in [0.717, 1.165) is 49.5 Å². The predicted octanol–water partition coefficient (Wildman–Crippen LogP) is 6.21. The third kappa shape index (κ3) is 6.32. The lowest BCUT2D eigenvalue weighted by molar-refractivity contribution is 0.354. The van der Waals surface area contributed by atoms with E-state index in [2.05, 4.69) is 66.0 Å². The van der Waals surface area contributed by atoms with Crippen molar-refractivity contribution >= 4 is 0 Å². The molecule has 34 heavy (non-hydrogen) atoms. The van der Waals surface area contributed by atoms with Crippen LogP contribution in [0.5, 0.6) is 17.2 Å². The summed E-state index contributed by atoms with van der Waals surface area (Å²) in [6.45, 7) is 4.93. The highest BCUT2D eigenvalue weighted by molar-refractivity contribution is 5.43. The van der Waals surface area contributed by atoms with Gasteiger partial charge in [-0.25, -0.2) is 0 Å². The Labute approximate surface area is 205 Å². The minimum Gasteiger partial charge on any atom is -0.497 e. The molecule has 0 aliphatic heterocycles. The van der Waals surface area contributed by atoms with Gasteiger partial charge in [0.1, 0.15) is 5.75 Å². The Bertz CT molecular complexity index is 1020. The lowest BCUT2D eigenvalue weighted by Crippen LogP contribution is -2.40. The molecular weight excluding hydrogens is 422 g/mol. The monoisotopic (exact) mass is 461 g/mol. The maximum Gasteiger partial charge on any atom is 0.160 e. The molecule has 3 aromatic rings. The number of rotatable bonds is 9. The van der Waals surface area contributed by atoms with Crippen LogP contribution in [0.3, 0.4) is 0 Å². The Morgan fingerprint density at radius 3 is 2.26 bits per heavy atom. The maximum atomic E-state index is 5.48. The number of hydrogen-bond donors (Lipinski definition) is 1. The molecule has 1 aliphatic carbocycles. The summed E-state index contributed by atoms with van der Waals surface area (Å²) in [4.78, 5) is 0. The van der Waals surface area contributed by atoms with E-state index in [1.165, 1.54) is 22.3 Å². The van der Waals surface area contributed by atoms with E-state index >= 15 is 0 Å². The molecule has 0 bridgehead atoms. The van der Waals surface area contributed by atoms with E-state index < -0.39 is 0 Å². The van der Waals surface area contributed by atoms with Crippen LogP contribution in [0, 0.1) is 0 Å². The number of aryl methyl sites for hydroxylation is 1. The zero-order valence-electron chi connectivity index (χ0n) is 21.3. The standard InChI is InChI=1S/C28H33NO3.C2H6/c1-30-23-11-12-24-22(19-23)10-13-26(25(24)17-20-7-5-4-6-8-20)29-16-15-21-9-14-27(31-2)28(18-21)32-3;1-2/h4-9,11-12,14,18-19,25-26,29H,10,13,15-17H2,1-3H3;1-2H3. The van der Waals surface area contributed by atoms with Gasteiger partial charge in [0.25, 0.3) is 0 Å². The van der Waals surface area contributed by atoms with Crippen LogP contribution in [0.15, 0.2) is 66.7 Å². The summed E-state index contributed by atoms with van der Waals surface area (Å²) < 4.78 is 16.3. The van der Waals surface area contributed by atoms with Crippen LogP contribution in [-0.4, -0.2) is 33.9 Å². The van der Waals surface area contributed by atoms with Crippen molar-refractivity contribution in [3.8, 4) is 17.2 Å². The Morgan fingerprint density at radius 1 is 0.794 bits per heavy atom. The summed E-state index contributed by atoms with van der Waals surface area (Å²) in [5.41, 5.74) is 5.50. The average molecular weight is 462 g/mol. The number of nitrogens with one attached hydrogen (secondary N) is 1. The van der Waals surface area contributed by atoms with E-state index in [4.69, 9.17) is 14.2 Å². The molecule has 4 rings (SSSR count). The van der Waals surface area contributed by atoms with Crippen LogP contribution in [0.1, 0.15) is 48.4 Å². The molecule has 0 radical (unpaired) electrons. The van der Waals surface area contributed by atoms with Crippen molar-refractivity contribution in [3.63, 3.8) is 0 Å². The second kappa shape index (κ2) is 13.0. The Morgan fingerprint density at radius 2 is 1.56 bits per heavy atom. The highest BCUT2D eigenvalue weighted by atomic mass is 16.5. The van der Waals surface area contributed by atoms with Gasteiger partial charge in [-0.2, -0.15) is 0 Å². The van der Waals surface area contributed by atoms with Gasteiger partial charge in [-0.05, 0) is 78.7 Å². The quantitative estimate of drug-likeness (QED) is 0.411. The highest BCUT2D eigenvalue weighted by Crippen LogP contribution is 2.36. The molecule has 3 aromatic carbocycles. The molecule has 4 heteroatoms. The molecule has 1 aliphatic rings. The maximum absolute atomic E-state index is 5.48. The molecule has 0 aromatic heterocycles. The lowest BCUT2D eigenvalue weighted by atomic mass is 9.76. The summed E-state index contributed by atoms with van der Waals surface area (Å²) in [6.07, 6.45) is 4.19. The molecule has 1 N–H and O–H groups in total. The van der Waals surface area contributed by atoms with Gasteiger partial charge in [-0.3, -0.25) is 0 Å². The third-order valence-corrected chi connectivity index (χ3v) is 6.53. The number of fused-ring (bicyclic) bond motifs is 1. The van der Waals surface area contributed by atoms with E-state index in [-0.39, 0.29) is 0 Å². The fourth-order valence-corrected chi connectivity index (χ4v) is 4.82. The molecule has 0 heterocycles. The molecule has 0 spiro atoms. The molecule has 0 saturated carbocycles. The Hall–Kier alpha value is -2.98. The van der Waals surface area contributed by atoms with Gasteiger partial charge in [0.2, 0.25) is 0 Å². The van der Waals surface area contributed by atoms with Gasteiger partial charge >= 0.3 is 0 Å². The Kier molecular flexibility index (Phi) is 9.84. The first-order valence-corrected chi connectivity index (χ1v) is 12.4. The summed E-state index contributed by atoms with van der Waals surface area (Å²) in [5.74, 6) is 2.94. The first kappa shape index (κ1) is 25.6. The number of ether oxygens (including phenoxy) is 3. The summed E-state index contributed by atoms with van der Waals surface area (Å²) >= 11 is 0. The van der Waals surface area contributed by atoms with Crippen LogP contribution in [-0.2, 0) is 19.3 Å². The van der Waals surface area contributed by atoms with E-state index in [9.17, 15) is 0 Å². The molecule has 0 amide bonds. The van der Waals surface area contributed by atoms with Crippen LogP contribution >= 0.6 is 0 Å². The second-order valence-corrected chi connectivity index (χ2v) is 8.40. The topological polar surface area (TPSA) is 39.7 Å². The predicted molar refractivity (Wildman–Crippen MR) is 141 cm³/mol. The number of benzene rings is 3. The minimum atomic E-state index is 0.441. The van der Waals surface area contributed by atoms with E-state index in [1.807, 2.05) is 19.9 Å². The third-order valence-electron chi connectivity index (χ3n) is 6.53. The second-order valence-electron chi connectivity index (χ2n) is 8.40. The van der Waals surface area contributed by atoms with E-state index in [1.54, 1.807) is 21.3 Å². The minimum absolute atomic E-state index is 0.441. The van der Waals surface area contributed by atoms with Gasteiger partial charge in [-0.15, -0.1) is 0 Å². The van der Waals surface area contributed by atoms with Gasteiger partial charge in [-0.1, -0.05) is 56.3 Å². The molecule has 2 unspecified atom stereocenters. The van der Waals surface area contributed by atoms with Crippen molar-refractivity contribution in [1.29, 1.82) is 0 Å². The Balaban J connectivity index is 0.00000158. The normalized spacial score (nSPS) is 16.6. The van der Waals surface area contributed by atoms with Crippen LogP contribution < -0.4 is 19.5 Å². The van der Waals surface area contributed by atoms with Crippen molar-refractivity contribution < 1.29 is 14.2 Å². The molecule has 4 nitrogen and oxygen atoms in total. The van der Waals surface area contributed by atoms with E-state index in [0.29, 0.717) is 12.0 Å². The van der Waals surface area contributed by atoms with Crippen molar-refractivity contribution in [2.45, 2.75) is 51.5 Å². The van der Waals surface area contributed by atoms with Crippen LogP contribution in [0.4, 0.5) is 0 Å². The van der Waals surface area contributed by atoms with Crippen molar-refractivity contribution in [2.24, 2.45) is 0 Å². The fraction of sp³-hybridized carbons (Fsp3) is 0.400. The fourth-order valence-electron chi connectivity index (χ4n) is 4.82. The summed E-state index contributed by atoms with van der Waals surface area (Å²) in [7, 11) is 5.09. The van der Waals surface area contributed by atoms with Crippen molar-refractivity contribution in [3.05, 3.63) is 89.0 Å². The molecular formula is C30H39NO3. The number of methoxy groups -OCH3 is 3. The van der Waals surface area contributed by atoms with Gasteiger partial charge < -0.3 is 19.5 Å². The van der Waals surface area contributed by atoms with Crippen molar-refractivity contribution in [2.75, 3.05) is 27.9 Å². The smallest absolute Gasteiger partial charge is 0.160 e. The molecule has 182 valence electrons. The van der Waals surface area contributed by atoms with Crippen molar-refractivity contribution in [1.82, 2.24) is 5.32 Å².